The smallest absolute Gasteiger partial charge is 0.421 e. The monoisotopic (exact) mass is 340 g/mol. The number of carbonyl (C=O) groups is 2. The van der Waals surface area contributed by atoms with Gasteiger partial charge in [-0.05, 0) is 29.2 Å². The molecule has 0 aromatic heterocycles. The molecular formula is C19H20N2O4. The van der Waals surface area contributed by atoms with Crippen molar-refractivity contribution < 1.29 is 19.1 Å². The summed E-state index contributed by atoms with van der Waals surface area (Å²) >= 11 is 0. The zero-order valence-electron chi connectivity index (χ0n) is 14.1. The van der Waals surface area contributed by atoms with Crippen molar-refractivity contribution in [2.45, 2.75) is 18.9 Å². The summed E-state index contributed by atoms with van der Waals surface area (Å²) in [7, 11) is 1.29. The lowest BCUT2D eigenvalue weighted by Crippen LogP contribution is -2.47. The maximum Gasteiger partial charge on any atom is 0.421 e. The number of esters is 1. The molecule has 0 aliphatic heterocycles. The second kappa shape index (κ2) is 7.36. The molecule has 3 rings (SSSR count). The van der Waals surface area contributed by atoms with E-state index in [0.29, 0.717) is 0 Å². The number of nitrogens with one attached hydrogen (secondary N) is 2. The number of carbonyl (C=O) groups excluding carboxylic acids is 2. The fourth-order valence-corrected chi connectivity index (χ4v) is 3.04. The van der Waals surface area contributed by atoms with Gasteiger partial charge in [-0.25, -0.2) is 10.2 Å². The highest BCUT2D eigenvalue weighted by Crippen LogP contribution is 2.44. The van der Waals surface area contributed by atoms with Gasteiger partial charge in [0.2, 0.25) is 0 Å². The van der Waals surface area contributed by atoms with Gasteiger partial charge in [-0.2, -0.15) is 0 Å². The first kappa shape index (κ1) is 17.0. The van der Waals surface area contributed by atoms with E-state index in [1.807, 2.05) is 24.3 Å². The largest absolute Gasteiger partial charge is 0.468 e. The molecule has 1 amide bonds. The third-order valence-corrected chi connectivity index (χ3v) is 4.29. The lowest BCUT2D eigenvalue weighted by atomic mass is 9.98. The Kier molecular flexibility index (Phi) is 5.00. The van der Waals surface area contributed by atoms with Crippen LogP contribution in [0.15, 0.2) is 48.5 Å². The summed E-state index contributed by atoms with van der Waals surface area (Å²) in [6, 6.07) is 15.6. The standard InChI is InChI=1S/C19H20N2O4/c1-12(18(22)24-2)20-21-19(23)25-11-17-15-9-5-3-7-13(15)14-8-4-6-10-16(14)17/h3-10,12,17,20H,11H2,1-2H3,(H,21,23)/t12-/m0/s1. The normalized spacial score (nSPS) is 13.5. The van der Waals surface area contributed by atoms with E-state index in [2.05, 4.69) is 39.9 Å². The van der Waals surface area contributed by atoms with Crippen molar-refractivity contribution in [2.24, 2.45) is 0 Å². The van der Waals surface area contributed by atoms with Crippen LogP contribution in [0.5, 0.6) is 0 Å². The van der Waals surface area contributed by atoms with E-state index in [0.717, 1.165) is 11.1 Å². The molecule has 130 valence electrons. The predicted octanol–water partition coefficient (Wildman–Crippen LogP) is 2.59. The van der Waals surface area contributed by atoms with Crippen molar-refractivity contribution in [1.29, 1.82) is 0 Å². The number of benzene rings is 2. The molecule has 0 fully saturated rings. The third kappa shape index (κ3) is 3.49. The molecule has 0 spiro atoms. The Hall–Kier alpha value is -2.86. The van der Waals surface area contributed by atoms with Gasteiger partial charge in [0.15, 0.2) is 0 Å². The minimum absolute atomic E-state index is 0.00354. The summed E-state index contributed by atoms with van der Waals surface area (Å²) in [6.45, 7) is 1.80. The lowest BCUT2D eigenvalue weighted by molar-refractivity contribution is -0.142. The molecule has 6 heteroatoms. The van der Waals surface area contributed by atoms with Gasteiger partial charge < -0.3 is 9.47 Å². The van der Waals surface area contributed by atoms with Crippen LogP contribution in [0.4, 0.5) is 4.79 Å². The van der Waals surface area contributed by atoms with E-state index in [4.69, 9.17) is 4.74 Å². The zero-order chi connectivity index (χ0) is 17.8. The van der Waals surface area contributed by atoms with Gasteiger partial charge >= 0.3 is 12.1 Å². The van der Waals surface area contributed by atoms with Crippen LogP contribution in [0, 0.1) is 0 Å². The average molecular weight is 340 g/mol. The summed E-state index contributed by atoms with van der Waals surface area (Å²) in [5, 5.41) is 0. The van der Waals surface area contributed by atoms with Gasteiger partial charge in [0.25, 0.3) is 0 Å². The van der Waals surface area contributed by atoms with Crippen LogP contribution in [-0.4, -0.2) is 31.8 Å². The molecule has 0 heterocycles. The minimum atomic E-state index is -0.662. The molecule has 2 N–H and O–H groups in total. The Morgan fingerprint density at radius 1 is 1.04 bits per heavy atom. The first-order valence-electron chi connectivity index (χ1n) is 8.06. The van der Waals surface area contributed by atoms with Crippen molar-refractivity contribution in [3.63, 3.8) is 0 Å². The maximum absolute atomic E-state index is 11.9. The van der Waals surface area contributed by atoms with E-state index >= 15 is 0 Å². The van der Waals surface area contributed by atoms with Crippen LogP contribution in [0.1, 0.15) is 24.0 Å². The summed E-state index contributed by atoms with van der Waals surface area (Å²) < 4.78 is 9.91. The quantitative estimate of drug-likeness (QED) is 0.646. The summed E-state index contributed by atoms with van der Waals surface area (Å²) in [4.78, 5) is 23.2. The van der Waals surface area contributed by atoms with Gasteiger partial charge in [-0.3, -0.25) is 10.2 Å². The van der Waals surface area contributed by atoms with Crippen molar-refractivity contribution in [2.75, 3.05) is 13.7 Å². The van der Waals surface area contributed by atoms with Gasteiger partial charge in [-0.1, -0.05) is 48.5 Å². The van der Waals surface area contributed by atoms with Gasteiger partial charge in [0.05, 0.1) is 7.11 Å². The van der Waals surface area contributed by atoms with E-state index in [1.165, 1.54) is 18.2 Å². The molecule has 0 bridgehead atoms. The Labute approximate surface area is 146 Å². The Morgan fingerprint density at radius 2 is 1.60 bits per heavy atom. The fourth-order valence-electron chi connectivity index (χ4n) is 3.04. The molecule has 1 aliphatic carbocycles. The SMILES string of the molecule is COC(=O)[C@H](C)NNC(=O)OCC1c2ccccc2-c2ccccc21. The van der Waals surface area contributed by atoms with Crippen LogP contribution in [0.3, 0.4) is 0 Å². The van der Waals surface area contributed by atoms with E-state index < -0.39 is 18.1 Å². The lowest BCUT2D eigenvalue weighted by Gasteiger charge is -2.16. The summed E-state index contributed by atoms with van der Waals surface area (Å²) in [6.07, 6.45) is -0.641. The fraction of sp³-hybridized carbons (Fsp3) is 0.263. The molecule has 2 aromatic rings. The Balaban J connectivity index is 1.64. The topological polar surface area (TPSA) is 76.7 Å². The number of rotatable bonds is 5. The van der Waals surface area contributed by atoms with Crippen LogP contribution < -0.4 is 10.9 Å². The molecule has 0 saturated carbocycles. The first-order chi connectivity index (χ1) is 12.1. The Bertz CT molecular complexity index is 745. The van der Waals surface area contributed by atoms with E-state index in [1.54, 1.807) is 6.92 Å². The number of ether oxygens (including phenoxy) is 2. The van der Waals surface area contributed by atoms with Gasteiger partial charge in [-0.15, -0.1) is 0 Å². The molecule has 0 unspecified atom stereocenters. The van der Waals surface area contributed by atoms with Crippen LogP contribution >= 0.6 is 0 Å². The number of fused-ring (bicyclic) bond motifs is 3. The van der Waals surface area contributed by atoms with Crippen molar-refractivity contribution >= 4 is 12.1 Å². The van der Waals surface area contributed by atoms with Gasteiger partial charge in [0, 0.05) is 5.92 Å². The molecular weight excluding hydrogens is 320 g/mol. The van der Waals surface area contributed by atoms with Crippen LogP contribution in [-0.2, 0) is 14.3 Å². The van der Waals surface area contributed by atoms with E-state index in [-0.39, 0.29) is 12.5 Å². The van der Waals surface area contributed by atoms with Crippen molar-refractivity contribution in [1.82, 2.24) is 10.9 Å². The molecule has 25 heavy (non-hydrogen) atoms. The molecule has 2 aromatic carbocycles. The van der Waals surface area contributed by atoms with Crippen molar-refractivity contribution in [3.8, 4) is 11.1 Å². The number of hydrogen-bond donors (Lipinski definition) is 2. The number of hydrazine groups is 1. The average Bonchev–Trinajstić information content (AvgIpc) is 2.97. The first-order valence-corrected chi connectivity index (χ1v) is 8.06. The molecule has 6 nitrogen and oxygen atoms in total. The number of amides is 1. The van der Waals surface area contributed by atoms with Crippen molar-refractivity contribution in [3.05, 3.63) is 59.7 Å². The molecule has 1 atom stereocenters. The molecule has 1 aliphatic rings. The zero-order valence-corrected chi connectivity index (χ0v) is 14.1. The minimum Gasteiger partial charge on any atom is -0.468 e. The maximum atomic E-state index is 11.9. The van der Waals surface area contributed by atoms with Crippen LogP contribution in [0.2, 0.25) is 0 Å². The number of hydrogen-bond acceptors (Lipinski definition) is 5. The second-order valence-corrected chi connectivity index (χ2v) is 5.84. The predicted molar refractivity (Wildman–Crippen MR) is 92.8 cm³/mol. The second-order valence-electron chi connectivity index (χ2n) is 5.84. The Morgan fingerprint density at radius 3 is 2.16 bits per heavy atom. The highest BCUT2D eigenvalue weighted by Gasteiger charge is 2.29. The molecule has 0 saturated heterocycles. The molecule has 0 radical (unpaired) electrons. The highest BCUT2D eigenvalue weighted by atomic mass is 16.6. The summed E-state index contributed by atoms with van der Waals surface area (Å²) in [5.41, 5.74) is 9.54. The summed E-state index contributed by atoms with van der Waals surface area (Å²) in [5.74, 6) is -0.477. The van der Waals surface area contributed by atoms with Gasteiger partial charge in [0.1, 0.15) is 12.6 Å². The van der Waals surface area contributed by atoms with Crippen LogP contribution in [0.25, 0.3) is 11.1 Å². The number of methoxy groups -OCH3 is 1. The van der Waals surface area contributed by atoms with E-state index in [9.17, 15) is 9.59 Å². The third-order valence-electron chi connectivity index (χ3n) is 4.29. The highest BCUT2D eigenvalue weighted by molar-refractivity contribution is 5.79.